The maximum Gasteiger partial charge on any atom is 0.127 e. The monoisotopic (exact) mass is 257 g/mol. The van der Waals surface area contributed by atoms with E-state index in [0.29, 0.717) is 0 Å². The largest absolute Gasteiger partial charge is 0.491 e. The predicted molar refractivity (Wildman–Crippen MR) is 77.1 cm³/mol. The molecular weight excluding hydrogens is 238 g/mol. The summed E-state index contributed by atoms with van der Waals surface area (Å²) in [5, 5.41) is 9.15. The SMILES string of the molecule is CC(N)(CO)COc1ccccc1-c1ccccc1. The molecule has 0 fully saturated rings. The van der Waals surface area contributed by atoms with Crippen LogP contribution in [0.2, 0.25) is 0 Å². The fourth-order valence-corrected chi connectivity index (χ4v) is 1.74. The molecule has 19 heavy (non-hydrogen) atoms. The fourth-order valence-electron chi connectivity index (χ4n) is 1.74. The molecule has 0 aliphatic carbocycles. The van der Waals surface area contributed by atoms with E-state index in [-0.39, 0.29) is 13.2 Å². The second-order valence-electron chi connectivity index (χ2n) is 4.96. The number of hydrogen-bond donors (Lipinski definition) is 2. The minimum absolute atomic E-state index is 0.111. The van der Waals surface area contributed by atoms with Crippen LogP contribution < -0.4 is 10.5 Å². The summed E-state index contributed by atoms with van der Waals surface area (Å²) in [5.74, 6) is 0.777. The van der Waals surface area contributed by atoms with Gasteiger partial charge >= 0.3 is 0 Å². The second kappa shape index (κ2) is 5.87. The van der Waals surface area contributed by atoms with Crippen molar-refractivity contribution >= 4 is 0 Å². The van der Waals surface area contributed by atoms with Crippen LogP contribution >= 0.6 is 0 Å². The summed E-state index contributed by atoms with van der Waals surface area (Å²) in [4.78, 5) is 0. The Labute approximate surface area is 113 Å². The molecule has 0 amide bonds. The summed E-state index contributed by atoms with van der Waals surface area (Å²) in [7, 11) is 0. The van der Waals surface area contributed by atoms with Crippen molar-refractivity contribution in [2.45, 2.75) is 12.5 Å². The predicted octanol–water partition coefficient (Wildman–Crippen LogP) is 2.44. The maximum absolute atomic E-state index is 9.15. The normalized spacial score (nSPS) is 13.8. The van der Waals surface area contributed by atoms with E-state index in [9.17, 15) is 0 Å². The van der Waals surface area contributed by atoms with Gasteiger partial charge in [0.25, 0.3) is 0 Å². The Kier molecular flexibility index (Phi) is 4.20. The summed E-state index contributed by atoms with van der Waals surface area (Å²) in [6.45, 7) is 1.92. The standard InChI is InChI=1S/C16H19NO2/c1-16(17,11-18)12-19-15-10-6-5-9-14(15)13-7-3-2-4-8-13/h2-10,18H,11-12,17H2,1H3. The van der Waals surface area contributed by atoms with Crippen LogP contribution in [0.1, 0.15) is 6.92 Å². The molecule has 0 aromatic heterocycles. The van der Waals surface area contributed by atoms with Gasteiger partial charge in [-0.05, 0) is 18.6 Å². The lowest BCUT2D eigenvalue weighted by Crippen LogP contribution is -2.45. The Balaban J connectivity index is 2.23. The van der Waals surface area contributed by atoms with Crippen LogP contribution in [0.3, 0.4) is 0 Å². The van der Waals surface area contributed by atoms with Crippen molar-refractivity contribution < 1.29 is 9.84 Å². The first-order chi connectivity index (χ1) is 9.12. The first-order valence-corrected chi connectivity index (χ1v) is 6.29. The van der Waals surface area contributed by atoms with Gasteiger partial charge in [0.05, 0.1) is 12.1 Å². The smallest absolute Gasteiger partial charge is 0.127 e. The Morgan fingerprint density at radius 3 is 2.37 bits per heavy atom. The lowest BCUT2D eigenvalue weighted by molar-refractivity contribution is 0.146. The zero-order chi connectivity index (χ0) is 13.7. The lowest BCUT2D eigenvalue weighted by Gasteiger charge is -2.22. The highest BCUT2D eigenvalue weighted by atomic mass is 16.5. The minimum atomic E-state index is -0.732. The van der Waals surface area contributed by atoms with E-state index < -0.39 is 5.54 Å². The summed E-state index contributed by atoms with van der Waals surface area (Å²) in [6.07, 6.45) is 0. The average molecular weight is 257 g/mol. The second-order valence-corrected chi connectivity index (χ2v) is 4.96. The molecule has 0 saturated heterocycles. The van der Waals surface area contributed by atoms with Gasteiger partial charge in [0.2, 0.25) is 0 Å². The molecular formula is C16H19NO2. The van der Waals surface area contributed by atoms with Crippen LogP contribution in [0.25, 0.3) is 11.1 Å². The van der Waals surface area contributed by atoms with Gasteiger partial charge in [-0.3, -0.25) is 0 Å². The molecule has 100 valence electrons. The van der Waals surface area contributed by atoms with Crippen molar-refractivity contribution in [1.29, 1.82) is 0 Å². The number of rotatable bonds is 5. The number of nitrogens with two attached hydrogens (primary N) is 1. The van der Waals surface area contributed by atoms with Gasteiger partial charge in [0, 0.05) is 5.56 Å². The summed E-state index contributed by atoms with van der Waals surface area (Å²) in [5.41, 5.74) is 7.27. The lowest BCUT2D eigenvalue weighted by atomic mass is 10.0. The highest BCUT2D eigenvalue weighted by Gasteiger charge is 2.18. The maximum atomic E-state index is 9.15. The zero-order valence-corrected chi connectivity index (χ0v) is 11.0. The van der Waals surface area contributed by atoms with Crippen LogP contribution in [0, 0.1) is 0 Å². The van der Waals surface area contributed by atoms with E-state index in [1.807, 2.05) is 54.6 Å². The van der Waals surface area contributed by atoms with Crippen molar-refractivity contribution in [3.8, 4) is 16.9 Å². The van der Waals surface area contributed by atoms with Crippen LogP contribution in [-0.2, 0) is 0 Å². The van der Waals surface area contributed by atoms with Crippen molar-refractivity contribution in [2.24, 2.45) is 5.73 Å². The van der Waals surface area contributed by atoms with Gasteiger partial charge in [-0.25, -0.2) is 0 Å². The molecule has 2 rings (SSSR count). The third-order valence-corrected chi connectivity index (χ3v) is 2.89. The highest BCUT2D eigenvalue weighted by molar-refractivity contribution is 5.70. The van der Waals surface area contributed by atoms with Crippen molar-refractivity contribution in [1.82, 2.24) is 0 Å². The Bertz CT molecular complexity index is 523. The molecule has 1 atom stereocenters. The average Bonchev–Trinajstić information content (AvgIpc) is 2.46. The van der Waals surface area contributed by atoms with Gasteiger partial charge in [-0.2, -0.15) is 0 Å². The van der Waals surface area contributed by atoms with E-state index in [1.165, 1.54) is 0 Å². The van der Waals surface area contributed by atoms with E-state index in [1.54, 1.807) is 6.92 Å². The quantitative estimate of drug-likeness (QED) is 0.865. The molecule has 0 saturated carbocycles. The van der Waals surface area contributed by atoms with E-state index >= 15 is 0 Å². The number of benzene rings is 2. The number of ether oxygens (including phenoxy) is 1. The molecule has 0 aliphatic rings. The number of aliphatic hydroxyl groups is 1. The van der Waals surface area contributed by atoms with Gasteiger partial charge in [-0.15, -0.1) is 0 Å². The molecule has 0 spiro atoms. The van der Waals surface area contributed by atoms with Crippen LogP contribution in [0.4, 0.5) is 0 Å². The molecule has 3 nitrogen and oxygen atoms in total. The van der Waals surface area contributed by atoms with Gasteiger partial charge in [0.15, 0.2) is 0 Å². The third kappa shape index (κ3) is 3.56. The van der Waals surface area contributed by atoms with Crippen LogP contribution in [-0.4, -0.2) is 23.9 Å². The van der Waals surface area contributed by atoms with E-state index in [2.05, 4.69) is 0 Å². The van der Waals surface area contributed by atoms with Crippen LogP contribution in [0.5, 0.6) is 5.75 Å². The number of para-hydroxylation sites is 1. The molecule has 0 radical (unpaired) electrons. The Morgan fingerprint density at radius 1 is 1.05 bits per heavy atom. The minimum Gasteiger partial charge on any atom is -0.491 e. The molecule has 3 N–H and O–H groups in total. The molecule has 1 unspecified atom stereocenters. The zero-order valence-electron chi connectivity index (χ0n) is 11.0. The molecule has 0 bridgehead atoms. The van der Waals surface area contributed by atoms with Crippen molar-refractivity contribution in [2.75, 3.05) is 13.2 Å². The van der Waals surface area contributed by atoms with Crippen LogP contribution in [0.15, 0.2) is 54.6 Å². The highest BCUT2D eigenvalue weighted by Crippen LogP contribution is 2.29. The fraction of sp³-hybridized carbons (Fsp3) is 0.250. The Hall–Kier alpha value is -1.84. The van der Waals surface area contributed by atoms with Crippen molar-refractivity contribution in [3.63, 3.8) is 0 Å². The summed E-state index contributed by atoms with van der Waals surface area (Å²) >= 11 is 0. The van der Waals surface area contributed by atoms with E-state index in [0.717, 1.165) is 16.9 Å². The molecule has 3 heteroatoms. The number of aliphatic hydroxyl groups excluding tert-OH is 1. The van der Waals surface area contributed by atoms with Gasteiger partial charge in [0.1, 0.15) is 12.4 Å². The molecule has 2 aromatic carbocycles. The molecule has 2 aromatic rings. The van der Waals surface area contributed by atoms with Crippen molar-refractivity contribution in [3.05, 3.63) is 54.6 Å². The third-order valence-electron chi connectivity index (χ3n) is 2.89. The van der Waals surface area contributed by atoms with Gasteiger partial charge < -0.3 is 15.6 Å². The summed E-state index contributed by atoms with van der Waals surface area (Å²) < 4.78 is 5.76. The molecule has 0 aliphatic heterocycles. The topological polar surface area (TPSA) is 55.5 Å². The molecule has 0 heterocycles. The van der Waals surface area contributed by atoms with E-state index in [4.69, 9.17) is 15.6 Å². The first-order valence-electron chi connectivity index (χ1n) is 6.29. The Morgan fingerprint density at radius 2 is 1.68 bits per heavy atom. The summed E-state index contributed by atoms with van der Waals surface area (Å²) in [6, 6.07) is 17.9. The number of hydrogen-bond acceptors (Lipinski definition) is 3. The van der Waals surface area contributed by atoms with Gasteiger partial charge in [-0.1, -0.05) is 48.5 Å². The first kappa shape index (κ1) is 13.6.